The van der Waals surface area contributed by atoms with Gasteiger partial charge in [0.1, 0.15) is 5.75 Å². The Labute approximate surface area is 108 Å². The summed E-state index contributed by atoms with van der Waals surface area (Å²) in [5.41, 5.74) is 0.788. The molecule has 1 aromatic rings. The zero-order valence-electron chi connectivity index (χ0n) is 11.1. The van der Waals surface area contributed by atoms with Crippen molar-refractivity contribution in [1.29, 1.82) is 0 Å². The molecule has 0 unspecified atom stereocenters. The van der Waals surface area contributed by atoms with Crippen molar-refractivity contribution in [1.82, 2.24) is 9.80 Å². The first-order valence-electron chi connectivity index (χ1n) is 5.80. The van der Waals surface area contributed by atoms with Crippen LogP contribution < -0.4 is 4.74 Å². The van der Waals surface area contributed by atoms with Crippen LogP contribution in [0.15, 0.2) is 24.3 Å². The fourth-order valence-corrected chi connectivity index (χ4v) is 1.28. The fraction of sp³-hybridized carbons (Fsp3) is 0.462. The standard InChI is InChI=1S/C13H20N2O3/c1-14(2)8-9-15(3)13(17)18-12-6-4-11(10-16)5-7-12/h4-7,16H,8-10H2,1-3H3. The maximum absolute atomic E-state index is 11.7. The third kappa shape index (κ3) is 4.73. The van der Waals surface area contributed by atoms with Gasteiger partial charge >= 0.3 is 6.09 Å². The third-order valence-electron chi connectivity index (χ3n) is 2.51. The second-order valence-corrected chi connectivity index (χ2v) is 4.39. The molecule has 1 amide bonds. The van der Waals surface area contributed by atoms with Crippen LogP contribution >= 0.6 is 0 Å². The molecule has 5 heteroatoms. The zero-order valence-corrected chi connectivity index (χ0v) is 11.1. The normalized spacial score (nSPS) is 10.5. The summed E-state index contributed by atoms with van der Waals surface area (Å²) in [6.07, 6.45) is -0.381. The lowest BCUT2D eigenvalue weighted by atomic mass is 10.2. The molecule has 0 fully saturated rings. The number of nitrogens with zero attached hydrogens (tertiary/aromatic N) is 2. The highest BCUT2D eigenvalue weighted by molar-refractivity contribution is 5.70. The minimum absolute atomic E-state index is 0.0169. The first-order chi connectivity index (χ1) is 8.52. The van der Waals surface area contributed by atoms with Crippen LogP contribution in [-0.4, -0.2) is 55.2 Å². The quantitative estimate of drug-likeness (QED) is 0.854. The van der Waals surface area contributed by atoms with E-state index in [4.69, 9.17) is 9.84 Å². The maximum atomic E-state index is 11.7. The minimum Gasteiger partial charge on any atom is -0.410 e. The lowest BCUT2D eigenvalue weighted by molar-refractivity contribution is 0.159. The molecule has 1 rings (SSSR count). The van der Waals surface area contributed by atoms with E-state index in [2.05, 4.69) is 0 Å². The first-order valence-corrected chi connectivity index (χ1v) is 5.80. The monoisotopic (exact) mass is 252 g/mol. The van der Waals surface area contributed by atoms with Crippen molar-refractivity contribution in [3.63, 3.8) is 0 Å². The Hall–Kier alpha value is -1.59. The van der Waals surface area contributed by atoms with Gasteiger partial charge in [0.25, 0.3) is 0 Å². The predicted molar refractivity (Wildman–Crippen MR) is 69.6 cm³/mol. The highest BCUT2D eigenvalue weighted by Crippen LogP contribution is 2.13. The number of carbonyl (C=O) groups excluding carboxylic acids is 1. The van der Waals surface area contributed by atoms with Crippen LogP contribution in [0.25, 0.3) is 0 Å². The second-order valence-electron chi connectivity index (χ2n) is 4.39. The summed E-state index contributed by atoms with van der Waals surface area (Å²) in [6.45, 7) is 1.38. The van der Waals surface area contributed by atoms with Gasteiger partial charge in [-0.3, -0.25) is 0 Å². The molecule has 0 saturated carbocycles. The molecule has 0 aromatic heterocycles. The summed E-state index contributed by atoms with van der Waals surface area (Å²) in [5, 5.41) is 8.90. The molecule has 5 nitrogen and oxygen atoms in total. The molecular weight excluding hydrogens is 232 g/mol. The second kappa shape index (κ2) is 6.98. The molecule has 0 aliphatic heterocycles. The van der Waals surface area contributed by atoms with E-state index in [-0.39, 0.29) is 12.7 Å². The van der Waals surface area contributed by atoms with Crippen LogP contribution in [-0.2, 0) is 6.61 Å². The van der Waals surface area contributed by atoms with Crippen molar-refractivity contribution in [2.45, 2.75) is 6.61 Å². The lowest BCUT2D eigenvalue weighted by Crippen LogP contribution is -2.35. The van der Waals surface area contributed by atoms with E-state index in [0.29, 0.717) is 12.3 Å². The van der Waals surface area contributed by atoms with Gasteiger partial charge in [0.05, 0.1) is 6.61 Å². The lowest BCUT2D eigenvalue weighted by Gasteiger charge is -2.19. The largest absolute Gasteiger partial charge is 0.415 e. The molecule has 0 aliphatic carbocycles. The van der Waals surface area contributed by atoms with Crippen molar-refractivity contribution < 1.29 is 14.6 Å². The number of amides is 1. The Morgan fingerprint density at radius 2 is 1.78 bits per heavy atom. The molecule has 1 aromatic carbocycles. The van der Waals surface area contributed by atoms with Crippen LogP contribution in [0.4, 0.5) is 4.79 Å². The maximum Gasteiger partial charge on any atom is 0.415 e. The third-order valence-corrected chi connectivity index (χ3v) is 2.51. The topological polar surface area (TPSA) is 53.0 Å². The summed E-state index contributed by atoms with van der Waals surface area (Å²) in [6, 6.07) is 6.79. The summed E-state index contributed by atoms with van der Waals surface area (Å²) in [7, 11) is 5.60. The summed E-state index contributed by atoms with van der Waals surface area (Å²) < 4.78 is 5.19. The SMILES string of the molecule is CN(C)CCN(C)C(=O)Oc1ccc(CO)cc1. The molecule has 100 valence electrons. The zero-order chi connectivity index (χ0) is 13.5. The van der Waals surface area contributed by atoms with E-state index in [0.717, 1.165) is 12.1 Å². The molecule has 0 saturated heterocycles. The van der Waals surface area contributed by atoms with Gasteiger partial charge in [-0.15, -0.1) is 0 Å². The van der Waals surface area contributed by atoms with E-state index in [1.807, 2.05) is 19.0 Å². The number of hydrogen-bond donors (Lipinski definition) is 1. The van der Waals surface area contributed by atoms with Gasteiger partial charge in [-0.2, -0.15) is 0 Å². The van der Waals surface area contributed by atoms with Crippen molar-refractivity contribution >= 4 is 6.09 Å². The Bertz CT molecular complexity index is 376. The average Bonchev–Trinajstić information content (AvgIpc) is 2.36. The summed E-state index contributed by atoms with van der Waals surface area (Å²) in [4.78, 5) is 15.2. The molecule has 0 atom stereocenters. The van der Waals surface area contributed by atoms with Crippen molar-refractivity contribution in [3.8, 4) is 5.75 Å². The van der Waals surface area contributed by atoms with E-state index >= 15 is 0 Å². The molecule has 18 heavy (non-hydrogen) atoms. The number of aliphatic hydroxyl groups is 1. The van der Waals surface area contributed by atoms with Crippen LogP contribution in [0.3, 0.4) is 0 Å². The van der Waals surface area contributed by atoms with Crippen LogP contribution in [0.2, 0.25) is 0 Å². The Balaban J connectivity index is 2.47. The number of carbonyl (C=O) groups is 1. The minimum atomic E-state index is -0.381. The molecule has 0 aliphatic rings. The van der Waals surface area contributed by atoms with Gasteiger partial charge in [0.2, 0.25) is 0 Å². The van der Waals surface area contributed by atoms with E-state index in [1.54, 1.807) is 31.3 Å². The number of benzene rings is 1. The van der Waals surface area contributed by atoms with Crippen LogP contribution in [0.1, 0.15) is 5.56 Å². The number of rotatable bonds is 5. The molecule has 1 N–H and O–H groups in total. The highest BCUT2D eigenvalue weighted by Gasteiger charge is 2.11. The van der Waals surface area contributed by atoms with E-state index in [9.17, 15) is 4.79 Å². The molecule has 0 radical (unpaired) electrons. The average molecular weight is 252 g/mol. The number of hydrogen-bond acceptors (Lipinski definition) is 4. The first kappa shape index (κ1) is 14.5. The van der Waals surface area contributed by atoms with Gasteiger partial charge in [0, 0.05) is 20.1 Å². The summed E-state index contributed by atoms with van der Waals surface area (Å²) >= 11 is 0. The smallest absolute Gasteiger partial charge is 0.410 e. The number of aliphatic hydroxyl groups excluding tert-OH is 1. The van der Waals surface area contributed by atoms with Gasteiger partial charge < -0.3 is 19.6 Å². The van der Waals surface area contributed by atoms with Crippen molar-refractivity contribution in [2.24, 2.45) is 0 Å². The number of ether oxygens (including phenoxy) is 1. The van der Waals surface area contributed by atoms with Gasteiger partial charge in [-0.05, 0) is 31.8 Å². The van der Waals surface area contributed by atoms with Gasteiger partial charge in [-0.1, -0.05) is 12.1 Å². The molecule has 0 spiro atoms. The van der Waals surface area contributed by atoms with Crippen molar-refractivity contribution in [3.05, 3.63) is 29.8 Å². The van der Waals surface area contributed by atoms with Gasteiger partial charge in [-0.25, -0.2) is 4.79 Å². The van der Waals surface area contributed by atoms with Gasteiger partial charge in [0.15, 0.2) is 0 Å². The molecule has 0 bridgehead atoms. The highest BCUT2D eigenvalue weighted by atomic mass is 16.6. The number of likely N-dealkylation sites (N-methyl/N-ethyl adjacent to an activating group) is 2. The van der Waals surface area contributed by atoms with E-state index in [1.165, 1.54) is 4.90 Å². The Kier molecular flexibility index (Phi) is 5.61. The molecule has 0 heterocycles. The van der Waals surface area contributed by atoms with Crippen LogP contribution in [0.5, 0.6) is 5.75 Å². The van der Waals surface area contributed by atoms with E-state index < -0.39 is 0 Å². The van der Waals surface area contributed by atoms with Crippen molar-refractivity contribution in [2.75, 3.05) is 34.2 Å². The molecular formula is C13H20N2O3. The Morgan fingerprint density at radius 3 is 2.28 bits per heavy atom. The Morgan fingerprint density at radius 1 is 1.17 bits per heavy atom. The van der Waals surface area contributed by atoms with Crippen LogP contribution in [0, 0.1) is 0 Å². The summed E-state index contributed by atoms with van der Waals surface area (Å²) in [5.74, 6) is 0.480. The fourth-order valence-electron chi connectivity index (χ4n) is 1.28. The predicted octanol–water partition coefficient (Wildman–Crippen LogP) is 1.17.